The Labute approximate surface area is 122 Å². The molecule has 0 amide bonds. The van der Waals surface area contributed by atoms with Crippen LogP contribution in [0.15, 0.2) is 47.8 Å². The summed E-state index contributed by atoms with van der Waals surface area (Å²) in [6, 6.07) is 14.6. The Kier molecular flexibility index (Phi) is 3.67. The number of hydrogen-bond acceptors (Lipinski definition) is 3. The normalized spacial score (nSPS) is 10.9. The zero-order chi connectivity index (χ0) is 13.9. The molecule has 0 bridgehead atoms. The Balaban J connectivity index is 2.16. The van der Waals surface area contributed by atoms with E-state index in [1.165, 1.54) is 10.4 Å². The lowest BCUT2D eigenvalue weighted by Crippen LogP contribution is -2.05. The molecule has 102 valence electrons. The van der Waals surface area contributed by atoms with Crippen LogP contribution >= 0.6 is 11.3 Å². The fourth-order valence-electron chi connectivity index (χ4n) is 2.28. The first-order chi connectivity index (χ1) is 9.79. The Morgan fingerprint density at radius 2 is 2.05 bits per heavy atom. The molecule has 0 unspecified atom stereocenters. The second-order valence-corrected chi connectivity index (χ2v) is 5.68. The molecule has 2 aromatic heterocycles. The molecule has 0 saturated carbocycles. The van der Waals surface area contributed by atoms with Crippen molar-refractivity contribution in [1.29, 1.82) is 0 Å². The first-order valence-corrected chi connectivity index (χ1v) is 7.56. The average Bonchev–Trinajstić information content (AvgIpc) is 3.08. The van der Waals surface area contributed by atoms with Crippen LogP contribution in [-0.4, -0.2) is 16.3 Å². The maximum Gasteiger partial charge on any atom is 0.0843 e. The van der Waals surface area contributed by atoms with E-state index in [1.807, 2.05) is 16.8 Å². The Bertz CT molecular complexity index is 698. The number of nitrogens with two attached hydrogens (primary N) is 1. The van der Waals surface area contributed by atoms with Crippen LogP contribution in [0.2, 0.25) is 0 Å². The van der Waals surface area contributed by atoms with E-state index < -0.39 is 0 Å². The van der Waals surface area contributed by atoms with E-state index in [0.29, 0.717) is 6.54 Å². The molecule has 0 aliphatic carbocycles. The molecule has 2 N–H and O–H groups in total. The van der Waals surface area contributed by atoms with E-state index in [1.54, 1.807) is 11.3 Å². The molecule has 0 fully saturated rings. The van der Waals surface area contributed by atoms with Gasteiger partial charge in [0.1, 0.15) is 0 Å². The third kappa shape index (κ3) is 2.40. The van der Waals surface area contributed by atoms with Gasteiger partial charge in [-0.2, -0.15) is 5.10 Å². The molecule has 0 spiro atoms. The van der Waals surface area contributed by atoms with Gasteiger partial charge in [-0.3, -0.25) is 0 Å². The summed E-state index contributed by atoms with van der Waals surface area (Å²) in [7, 11) is 0. The summed E-state index contributed by atoms with van der Waals surface area (Å²) in [4.78, 5) is 1.23. The van der Waals surface area contributed by atoms with Gasteiger partial charge in [-0.1, -0.05) is 24.3 Å². The second-order valence-electron chi connectivity index (χ2n) is 4.74. The number of benzene rings is 1. The van der Waals surface area contributed by atoms with Crippen molar-refractivity contribution in [2.24, 2.45) is 5.73 Å². The van der Waals surface area contributed by atoms with Gasteiger partial charge < -0.3 is 5.73 Å². The molecule has 3 aromatic rings. The summed E-state index contributed by atoms with van der Waals surface area (Å²) < 4.78 is 2.03. The molecule has 3 nitrogen and oxygen atoms in total. The summed E-state index contributed by atoms with van der Waals surface area (Å²) in [5, 5.41) is 6.82. The minimum atomic E-state index is 0.620. The summed E-state index contributed by atoms with van der Waals surface area (Å²) >= 11 is 1.73. The monoisotopic (exact) mass is 283 g/mol. The van der Waals surface area contributed by atoms with Crippen LogP contribution < -0.4 is 5.73 Å². The highest BCUT2D eigenvalue weighted by Gasteiger charge is 2.13. The zero-order valence-electron chi connectivity index (χ0n) is 11.4. The largest absolute Gasteiger partial charge is 0.330 e. The third-order valence-corrected chi connectivity index (χ3v) is 4.17. The highest BCUT2D eigenvalue weighted by molar-refractivity contribution is 7.13. The predicted octanol–water partition coefficient (Wildman–Crippen LogP) is 3.41. The Morgan fingerprint density at radius 3 is 2.75 bits per heavy atom. The smallest absolute Gasteiger partial charge is 0.0843 e. The van der Waals surface area contributed by atoms with Crippen molar-refractivity contribution in [1.82, 2.24) is 9.78 Å². The number of rotatable bonds is 4. The van der Waals surface area contributed by atoms with Crippen molar-refractivity contribution in [3.8, 4) is 16.3 Å². The molecule has 3 rings (SSSR count). The Hall–Kier alpha value is -1.91. The molecule has 0 saturated heterocycles. The number of thiophene rings is 1. The van der Waals surface area contributed by atoms with Crippen LogP contribution in [0.4, 0.5) is 0 Å². The lowest BCUT2D eigenvalue weighted by molar-refractivity contribution is 0.822. The molecule has 0 atom stereocenters. The van der Waals surface area contributed by atoms with Crippen LogP contribution in [0.1, 0.15) is 11.3 Å². The van der Waals surface area contributed by atoms with E-state index in [9.17, 15) is 0 Å². The highest BCUT2D eigenvalue weighted by atomic mass is 32.1. The fraction of sp³-hybridized carbons (Fsp3) is 0.188. The molecule has 2 heterocycles. The lowest BCUT2D eigenvalue weighted by atomic mass is 10.2. The van der Waals surface area contributed by atoms with Crippen LogP contribution in [0, 0.1) is 6.92 Å². The zero-order valence-corrected chi connectivity index (χ0v) is 12.2. The minimum absolute atomic E-state index is 0.620. The van der Waals surface area contributed by atoms with E-state index in [2.05, 4.69) is 42.6 Å². The van der Waals surface area contributed by atoms with Gasteiger partial charge in [0.05, 0.1) is 22.0 Å². The van der Waals surface area contributed by atoms with Crippen LogP contribution in [-0.2, 0) is 6.42 Å². The first kappa shape index (κ1) is 13.1. The summed E-state index contributed by atoms with van der Waals surface area (Å²) in [6.07, 6.45) is 0.803. The quantitative estimate of drug-likeness (QED) is 0.797. The average molecular weight is 283 g/mol. The van der Waals surface area contributed by atoms with Crippen molar-refractivity contribution in [2.45, 2.75) is 13.3 Å². The van der Waals surface area contributed by atoms with Gasteiger partial charge in [0.15, 0.2) is 0 Å². The van der Waals surface area contributed by atoms with Crippen LogP contribution in [0.5, 0.6) is 0 Å². The molecule has 0 aliphatic rings. The van der Waals surface area contributed by atoms with E-state index in [-0.39, 0.29) is 0 Å². The standard InChI is InChI=1S/C16H17N3S/c1-12-5-2-3-6-14(12)19-15(16-7-4-10-20-16)11-13(18-19)8-9-17/h2-7,10-11H,8-9,17H2,1H3. The molecule has 1 aromatic carbocycles. The summed E-state index contributed by atoms with van der Waals surface area (Å²) in [6.45, 7) is 2.73. The van der Waals surface area contributed by atoms with Gasteiger partial charge in [-0.25, -0.2) is 4.68 Å². The number of para-hydroxylation sites is 1. The van der Waals surface area contributed by atoms with Gasteiger partial charge in [0.25, 0.3) is 0 Å². The van der Waals surface area contributed by atoms with E-state index in [4.69, 9.17) is 10.8 Å². The van der Waals surface area contributed by atoms with Crippen molar-refractivity contribution < 1.29 is 0 Å². The number of nitrogens with zero attached hydrogens (tertiary/aromatic N) is 2. The van der Waals surface area contributed by atoms with Gasteiger partial charge in [-0.15, -0.1) is 11.3 Å². The first-order valence-electron chi connectivity index (χ1n) is 6.68. The van der Waals surface area contributed by atoms with Crippen molar-refractivity contribution in [2.75, 3.05) is 6.54 Å². The highest BCUT2D eigenvalue weighted by Crippen LogP contribution is 2.29. The number of hydrogen-bond donors (Lipinski definition) is 1. The fourth-order valence-corrected chi connectivity index (χ4v) is 3.01. The Morgan fingerprint density at radius 1 is 1.20 bits per heavy atom. The molecule has 4 heteroatoms. The third-order valence-electron chi connectivity index (χ3n) is 3.28. The number of aromatic nitrogens is 2. The van der Waals surface area contributed by atoms with Crippen molar-refractivity contribution in [3.63, 3.8) is 0 Å². The minimum Gasteiger partial charge on any atom is -0.330 e. The topological polar surface area (TPSA) is 43.8 Å². The van der Waals surface area contributed by atoms with E-state index in [0.717, 1.165) is 23.5 Å². The maximum absolute atomic E-state index is 5.66. The maximum atomic E-state index is 5.66. The van der Waals surface area contributed by atoms with Crippen molar-refractivity contribution in [3.05, 3.63) is 59.1 Å². The number of aryl methyl sites for hydroxylation is 1. The lowest BCUT2D eigenvalue weighted by Gasteiger charge is -2.08. The SMILES string of the molecule is Cc1ccccc1-n1nc(CCN)cc1-c1cccs1. The van der Waals surface area contributed by atoms with Gasteiger partial charge >= 0.3 is 0 Å². The van der Waals surface area contributed by atoms with Crippen molar-refractivity contribution >= 4 is 11.3 Å². The molecular weight excluding hydrogens is 266 g/mol. The predicted molar refractivity (Wildman–Crippen MR) is 84.4 cm³/mol. The summed E-state index contributed by atoms with van der Waals surface area (Å²) in [5.74, 6) is 0. The summed E-state index contributed by atoms with van der Waals surface area (Å²) in [5.41, 5.74) is 10.2. The van der Waals surface area contributed by atoms with Crippen LogP contribution in [0.25, 0.3) is 16.3 Å². The van der Waals surface area contributed by atoms with Gasteiger partial charge in [0, 0.05) is 6.42 Å². The molecule has 0 radical (unpaired) electrons. The van der Waals surface area contributed by atoms with Crippen LogP contribution in [0.3, 0.4) is 0 Å². The molecule has 0 aliphatic heterocycles. The van der Waals surface area contributed by atoms with Gasteiger partial charge in [-0.05, 0) is 42.6 Å². The second kappa shape index (κ2) is 5.61. The molecular formula is C16H17N3S. The van der Waals surface area contributed by atoms with E-state index >= 15 is 0 Å². The van der Waals surface area contributed by atoms with Gasteiger partial charge in [0.2, 0.25) is 0 Å². The molecule has 20 heavy (non-hydrogen) atoms.